The van der Waals surface area contributed by atoms with Crippen molar-refractivity contribution in [2.24, 2.45) is 0 Å². The van der Waals surface area contributed by atoms with Crippen molar-refractivity contribution in [3.8, 4) is 113 Å². The quantitative estimate of drug-likeness (QED) is 0.128. The summed E-state index contributed by atoms with van der Waals surface area (Å²) in [5, 5.41) is 9.32. The van der Waals surface area contributed by atoms with Crippen molar-refractivity contribution in [2.45, 2.75) is 0 Å². The van der Waals surface area contributed by atoms with Gasteiger partial charge in [-0.05, 0) is 132 Å². The van der Waals surface area contributed by atoms with Gasteiger partial charge in [0.05, 0.1) is 22.1 Å². The average molecular weight is 1200 g/mol. The van der Waals surface area contributed by atoms with Crippen molar-refractivity contribution in [2.75, 3.05) is 0 Å². The summed E-state index contributed by atoms with van der Waals surface area (Å²) in [6.07, 6.45) is 0. The Kier molecular flexibility index (Phi) is 13.0. The van der Waals surface area contributed by atoms with Crippen molar-refractivity contribution in [1.29, 1.82) is 0 Å². The normalized spacial score (nSPS) is 11.6. The van der Waals surface area contributed by atoms with E-state index in [1.165, 1.54) is 26.9 Å². The van der Waals surface area contributed by atoms with Crippen molar-refractivity contribution >= 4 is 65.2 Å². The molecule has 94 heavy (non-hydrogen) atoms. The van der Waals surface area contributed by atoms with Gasteiger partial charge in [0.2, 0.25) is 11.9 Å². The second kappa shape index (κ2) is 22.6. The van der Waals surface area contributed by atoms with Gasteiger partial charge < -0.3 is 0 Å². The second-order valence-electron chi connectivity index (χ2n) is 23.8. The third-order valence-electron chi connectivity index (χ3n) is 18.2. The summed E-state index contributed by atoms with van der Waals surface area (Å²) in [4.78, 5) is 32.4. The zero-order valence-corrected chi connectivity index (χ0v) is 50.8. The molecule has 18 rings (SSSR count). The topological polar surface area (TPSA) is 87.2 Å². The highest BCUT2D eigenvalue weighted by Gasteiger charge is 2.24. The highest BCUT2D eigenvalue weighted by molar-refractivity contribution is 6.22. The first-order chi connectivity index (χ1) is 46.6. The maximum Gasteiger partial charge on any atom is 0.238 e. The van der Waals surface area contributed by atoms with Crippen molar-refractivity contribution < 1.29 is 0 Å². The summed E-state index contributed by atoms with van der Waals surface area (Å²) in [6, 6.07) is 116. The van der Waals surface area contributed by atoms with Gasteiger partial charge in [0.25, 0.3) is 0 Å². The predicted molar refractivity (Wildman–Crippen MR) is 386 cm³/mol. The van der Waals surface area contributed by atoms with E-state index in [2.05, 4.69) is 325 Å². The van der Waals surface area contributed by atoms with E-state index in [-0.39, 0.29) is 0 Å². The Labute approximate surface area is 541 Å². The van der Waals surface area contributed by atoms with Crippen LogP contribution in [0.1, 0.15) is 0 Å². The molecule has 0 atom stereocenters. The molecule has 0 fully saturated rings. The minimum Gasteiger partial charge on any atom is -0.278 e. The molecule has 0 aliphatic heterocycles. The van der Waals surface area contributed by atoms with Crippen LogP contribution < -0.4 is 0 Å². The van der Waals surface area contributed by atoms with Gasteiger partial charge in [-0.1, -0.05) is 273 Å². The molecule has 438 valence electrons. The lowest BCUT2D eigenvalue weighted by atomic mass is 9.92. The Balaban J connectivity index is 0.749. The van der Waals surface area contributed by atoms with Crippen LogP contribution >= 0.6 is 0 Å². The van der Waals surface area contributed by atoms with Crippen LogP contribution in [0.25, 0.3) is 178 Å². The molecule has 0 saturated carbocycles. The average Bonchev–Trinajstić information content (AvgIpc) is 1.58. The first-order valence-corrected chi connectivity index (χ1v) is 31.7. The molecule has 8 nitrogen and oxygen atoms in total. The molecule has 0 amide bonds. The number of fused-ring (bicyclic) bond motifs is 10. The Morgan fingerprint density at radius 1 is 0.181 bits per heavy atom. The summed E-state index contributed by atoms with van der Waals surface area (Å²) in [5.74, 6) is 3.39. The first kappa shape index (κ1) is 54.2. The molecule has 0 bridgehead atoms. The fourth-order valence-electron chi connectivity index (χ4n) is 13.7. The number of rotatable bonds is 11. The Hall–Kier alpha value is -12.8. The van der Waals surface area contributed by atoms with E-state index in [1.807, 2.05) is 12.1 Å². The highest BCUT2D eigenvalue weighted by Crippen LogP contribution is 2.42. The maximum absolute atomic E-state index is 5.52. The number of benzene rings is 14. The van der Waals surface area contributed by atoms with Gasteiger partial charge in [-0.3, -0.25) is 9.13 Å². The molecule has 4 aromatic heterocycles. The monoisotopic (exact) mass is 1200 g/mol. The van der Waals surface area contributed by atoms with Gasteiger partial charge >= 0.3 is 0 Å². The number of nitrogens with zero attached hydrogens (tertiary/aromatic N) is 8. The molecule has 18 aromatic rings. The van der Waals surface area contributed by atoms with Crippen LogP contribution in [-0.2, 0) is 0 Å². The lowest BCUT2D eigenvalue weighted by Gasteiger charge is -2.15. The lowest BCUT2D eigenvalue weighted by molar-refractivity contribution is 0.953. The first-order valence-electron chi connectivity index (χ1n) is 31.7. The van der Waals surface area contributed by atoms with Crippen LogP contribution in [0.5, 0.6) is 0 Å². The van der Waals surface area contributed by atoms with Crippen LogP contribution in [-0.4, -0.2) is 39.0 Å². The molecular formula is C86H54N8. The minimum absolute atomic E-state index is 0.537. The summed E-state index contributed by atoms with van der Waals surface area (Å²) in [5.41, 5.74) is 18.3. The van der Waals surface area contributed by atoms with Gasteiger partial charge in [-0.15, -0.1) is 0 Å². The van der Waals surface area contributed by atoms with Crippen LogP contribution in [0.2, 0.25) is 0 Å². The molecule has 0 aliphatic carbocycles. The standard InChI is InChI=1S/C86H54N8/c1-4-21-55(22-5-1)63-30-19-33-67(52-63)82-87-81(89-85(90-82)93-75-39-16-14-37-72(75)79-69-35-12-10-27-59(69)46-49-77(79)93)61-43-41-57(42-44-61)62-29-18-32-65(51-62)66-45-48-71(74(54-66)58-25-8-3-9-26-58)84-88-83(68-34-20-31-64(53-68)56-23-6-2-7-24-56)91-86(92-84)94-76-40-17-15-38-73(76)80-70-36-13-11-28-60(70)47-50-78(80)94/h1-54H. The number of hydrogen-bond donors (Lipinski definition) is 0. The van der Waals surface area contributed by atoms with Crippen LogP contribution in [0.4, 0.5) is 0 Å². The molecule has 8 heteroatoms. The number of hydrogen-bond acceptors (Lipinski definition) is 6. The summed E-state index contributed by atoms with van der Waals surface area (Å²) >= 11 is 0. The van der Waals surface area contributed by atoms with Gasteiger partial charge in [-0.25, -0.2) is 9.97 Å². The van der Waals surface area contributed by atoms with Gasteiger partial charge in [0.15, 0.2) is 23.3 Å². The zero-order chi connectivity index (χ0) is 62.1. The SMILES string of the molecule is c1ccc(-c2cccc(-c3nc(-c4ccc(-c5cccc(-c6ccc(-c7nc(-c8cccc(-c9ccccc9)c8)nc(-n8c9ccccc9c9c%10ccccc%10ccc98)n7)c(-c7ccccc7)c6)c5)cc4)nc(-n4c5ccccc5c5c6ccccc6ccc54)n3)c2)cc1. The molecular weight excluding hydrogens is 1150 g/mol. The van der Waals surface area contributed by atoms with Crippen LogP contribution in [0.15, 0.2) is 328 Å². The van der Waals surface area contributed by atoms with Gasteiger partial charge in [0, 0.05) is 43.8 Å². The van der Waals surface area contributed by atoms with E-state index in [0.29, 0.717) is 35.2 Å². The molecule has 0 radical (unpaired) electrons. The van der Waals surface area contributed by atoms with E-state index in [4.69, 9.17) is 29.9 Å². The molecule has 14 aromatic carbocycles. The van der Waals surface area contributed by atoms with E-state index < -0.39 is 0 Å². The zero-order valence-electron chi connectivity index (χ0n) is 50.8. The largest absolute Gasteiger partial charge is 0.278 e. The van der Waals surface area contributed by atoms with E-state index >= 15 is 0 Å². The number of aromatic nitrogens is 8. The molecule has 0 unspecified atom stereocenters. The lowest BCUT2D eigenvalue weighted by Crippen LogP contribution is -2.07. The third-order valence-corrected chi connectivity index (χ3v) is 18.2. The third kappa shape index (κ3) is 9.47. The Bertz CT molecular complexity index is 5980. The van der Waals surface area contributed by atoms with Gasteiger partial charge in [-0.2, -0.15) is 19.9 Å². The van der Waals surface area contributed by atoms with Crippen molar-refractivity contribution in [1.82, 2.24) is 39.0 Å². The minimum atomic E-state index is 0.537. The summed E-state index contributed by atoms with van der Waals surface area (Å²) in [7, 11) is 0. The van der Waals surface area contributed by atoms with Crippen LogP contribution in [0.3, 0.4) is 0 Å². The number of para-hydroxylation sites is 2. The fourth-order valence-corrected chi connectivity index (χ4v) is 13.7. The van der Waals surface area contributed by atoms with E-state index in [1.54, 1.807) is 0 Å². The Morgan fingerprint density at radius 3 is 1.03 bits per heavy atom. The molecule has 0 spiro atoms. The Morgan fingerprint density at radius 2 is 0.521 bits per heavy atom. The van der Waals surface area contributed by atoms with Crippen LogP contribution in [0, 0.1) is 0 Å². The second-order valence-corrected chi connectivity index (χ2v) is 23.8. The molecule has 0 N–H and O–H groups in total. The summed E-state index contributed by atoms with van der Waals surface area (Å²) < 4.78 is 4.40. The molecule has 4 heterocycles. The molecule has 0 saturated heterocycles. The summed E-state index contributed by atoms with van der Waals surface area (Å²) in [6.45, 7) is 0. The highest BCUT2D eigenvalue weighted by atomic mass is 15.2. The predicted octanol–water partition coefficient (Wildman–Crippen LogP) is 21.6. The van der Waals surface area contributed by atoms with Gasteiger partial charge in [0.1, 0.15) is 0 Å². The van der Waals surface area contributed by atoms with Crippen molar-refractivity contribution in [3.63, 3.8) is 0 Å². The van der Waals surface area contributed by atoms with Crippen molar-refractivity contribution in [3.05, 3.63) is 328 Å². The van der Waals surface area contributed by atoms with E-state index in [0.717, 1.165) is 116 Å². The maximum atomic E-state index is 5.52. The smallest absolute Gasteiger partial charge is 0.238 e. The van der Waals surface area contributed by atoms with E-state index in [9.17, 15) is 0 Å². The fraction of sp³-hybridized carbons (Fsp3) is 0. The molecule has 0 aliphatic rings.